The predicted molar refractivity (Wildman–Crippen MR) is 56.5 cm³/mol. The monoisotopic (exact) mass is 189 g/mol. The van der Waals surface area contributed by atoms with Crippen molar-refractivity contribution in [2.45, 2.75) is 19.4 Å². The molecule has 2 atom stereocenters. The Bertz CT molecular complexity index is 117. The van der Waals surface area contributed by atoms with Gasteiger partial charge in [0, 0.05) is 6.54 Å². The second-order valence-corrected chi connectivity index (χ2v) is 3.14. The van der Waals surface area contributed by atoms with Gasteiger partial charge in [-0.3, -0.25) is 0 Å². The Balaban J connectivity index is 0. The molecule has 0 bridgehead atoms. The maximum absolute atomic E-state index is 10.3. The number of rotatable bonds is 5. The number of hydrogen-bond donors (Lipinski definition) is 2. The fraction of sp³-hybridized carbons (Fsp3) is 0.889. The molecular formula is C9H23N3O. The molecule has 0 aliphatic rings. The first-order valence-corrected chi connectivity index (χ1v) is 4.55. The Kier molecular flexibility index (Phi) is 11.2. The van der Waals surface area contributed by atoms with E-state index in [4.69, 9.17) is 5.73 Å². The Labute approximate surface area is 81.3 Å². The normalized spacial score (nSPS) is 14.4. The molecule has 4 heteroatoms. The maximum Gasteiger partial charge on any atom is 0.137 e. The van der Waals surface area contributed by atoms with E-state index < -0.39 is 0 Å². The predicted octanol–water partition coefficient (Wildman–Crippen LogP) is -0.325. The van der Waals surface area contributed by atoms with Crippen LogP contribution in [0.1, 0.15) is 13.3 Å². The summed E-state index contributed by atoms with van der Waals surface area (Å²) in [5, 5.41) is 0. The van der Waals surface area contributed by atoms with Crippen LogP contribution in [0.5, 0.6) is 0 Å². The van der Waals surface area contributed by atoms with Crippen molar-refractivity contribution in [3.05, 3.63) is 0 Å². The van der Waals surface area contributed by atoms with Crippen molar-refractivity contribution in [1.29, 1.82) is 0 Å². The summed E-state index contributed by atoms with van der Waals surface area (Å²) in [6.07, 6.45) is 1.79. The Morgan fingerprint density at radius 1 is 1.38 bits per heavy atom. The van der Waals surface area contributed by atoms with Crippen LogP contribution in [-0.2, 0) is 4.79 Å². The van der Waals surface area contributed by atoms with E-state index >= 15 is 0 Å². The van der Waals surface area contributed by atoms with Crippen LogP contribution in [0, 0.1) is 5.92 Å². The summed E-state index contributed by atoms with van der Waals surface area (Å²) < 4.78 is 0. The molecule has 0 spiro atoms. The Hall–Kier alpha value is -0.450. The third-order valence-electron chi connectivity index (χ3n) is 1.83. The summed E-state index contributed by atoms with van der Waals surface area (Å²) in [7, 11) is 5.47. The van der Waals surface area contributed by atoms with Crippen LogP contribution >= 0.6 is 0 Å². The second kappa shape index (κ2) is 9.64. The van der Waals surface area contributed by atoms with Gasteiger partial charge in [-0.05, 0) is 27.1 Å². The van der Waals surface area contributed by atoms with Gasteiger partial charge in [0.05, 0.1) is 6.04 Å². The number of hydrogen-bond acceptors (Lipinski definition) is 4. The van der Waals surface area contributed by atoms with Gasteiger partial charge in [0.1, 0.15) is 6.29 Å². The van der Waals surface area contributed by atoms with Gasteiger partial charge in [0.2, 0.25) is 0 Å². The molecule has 0 heterocycles. The van der Waals surface area contributed by atoms with Gasteiger partial charge in [-0.15, -0.1) is 0 Å². The van der Waals surface area contributed by atoms with Crippen LogP contribution < -0.4 is 11.5 Å². The topological polar surface area (TPSA) is 72.3 Å². The second-order valence-electron chi connectivity index (χ2n) is 3.14. The lowest BCUT2D eigenvalue weighted by atomic mass is 9.98. The third-order valence-corrected chi connectivity index (χ3v) is 1.83. The van der Waals surface area contributed by atoms with Crippen LogP contribution in [-0.4, -0.2) is 44.9 Å². The van der Waals surface area contributed by atoms with Crippen LogP contribution in [0.4, 0.5) is 0 Å². The van der Waals surface area contributed by atoms with E-state index in [0.717, 1.165) is 19.3 Å². The van der Waals surface area contributed by atoms with Crippen LogP contribution in [0.15, 0.2) is 0 Å². The highest BCUT2D eigenvalue weighted by Crippen LogP contribution is 2.05. The molecule has 0 saturated carbocycles. The minimum absolute atomic E-state index is 0.294. The standard InChI is InChI=1S/C8H18N2O.CH5N/c1-4-7(5-10(2)3)8(9)6-11;1-2/h6-8H,4-5,9H2,1-3H3;2H2,1H3. The number of aldehydes is 1. The van der Waals surface area contributed by atoms with E-state index in [0.29, 0.717) is 5.92 Å². The Morgan fingerprint density at radius 3 is 2.08 bits per heavy atom. The molecule has 2 unspecified atom stereocenters. The van der Waals surface area contributed by atoms with E-state index in [1.165, 1.54) is 7.05 Å². The molecule has 13 heavy (non-hydrogen) atoms. The summed E-state index contributed by atoms with van der Waals surface area (Å²) in [5.41, 5.74) is 10.1. The lowest BCUT2D eigenvalue weighted by Gasteiger charge is -2.21. The molecule has 0 fully saturated rings. The van der Waals surface area contributed by atoms with E-state index in [1.807, 2.05) is 14.1 Å². The van der Waals surface area contributed by atoms with Gasteiger partial charge in [0.15, 0.2) is 0 Å². The molecular weight excluding hydrogens is 166 g/mol. The number of carbonyl (C=O) groups is 1. The van der Waals surface area contributed by atoms with Gasteiger partial charge in [-0.25, -0.2) is 0 Å². The van der Waals surface area contributed by atoms with Crippen molar-refractivity contribution in [1.82, 2.24) is 4.90 Å². The van der Waals surface area contributed by atoms with Gasteiger partial charge in [-0.2, -0.15) is 0 Å². The van der Waals surface area contributed by atoms with E-state index in [1.54, 1.807) is 0 Å². The molecule has 0 aliphatic heterocycles. The van der Waals surface area contributed by atoms with E-state index in [-0.39, 0.29) is 6.04 Å². The zero-order valence-corrected chi connectivity index (χ0v) is 9.16. The average molecular weight is 189 g/mol. The smallest absolute Gasteiger partial charge is 0.137 e. The minimum atomic E-state index is -0.303. The lowest BCUT2D eigenvalue weighted by molar-refractivity contribution is -0.110. The molecule has 0 amide bonds. The molecule has 0 rings (SSSR count). The van der Waals surface area contributed by atoms with Gasteiger partial charge in [0.25, 0.3) is 0 Å². The quantitative estimate of drug-likeness (QED) is 0.581. The minimum Gasteiger partial charge on any atom is -0.333 e. The highest BCUT2D eigenvalue weighted by Gasteiger charge is 2.15. The lowest BCUT2D eigenvalue weighted by Crippen LogP contribution is -2.37. The molecule has 0 radical (unpaired) electrons. The van der Waals surface area contributed by atoms with Crippen molar-refractivity contribution in [2.75, 3.05) is 27.7 Å². The van der Waals surface area contributed by atoms with E-state index in [2.05, 4.69) is 17.6 Å². The van der Waals surface area contributed by atoms with Crippen LogP contribution in [0.2, 0.25) is 0 Å². The molecule has 0 aromatic carbocycles. The molecule has 80 valence electrons. The SMILES string of the molecule is CCC(CN(C)C)C(N)C=O.CN. The first-order chi connectivity index (χ1) is 6.11. The van der Waals surface area contributed by atoms with Crippen LogP contribution in [0.3, 0.4) is 0 Å². The summed E-state index contributed by atoms with van der Waals surface area (Å²) in [6, 6.07) is -0.303. The highest BCUT2D eigenvalue weighted by atomic mass is 16.1. The van der Waals surface area contributed by atoms with Crippen molar-refractivity contribution in [2.24, 2.45) is 17.4 Å². The molecule has 0 aromatic rings. The Morgan fingerprint density at radius 2 is 1.85 bits per heavy atom. The zero-order chi connectivity index (χ0) is 10.9. The van der Waals surface area contributed by atoms with Crippen molar-refractivity contribution in [3.63, 3.8) is 0 Å². The summed E-state index contributed by atoms with van der Waals surface area (Å²) in [6.45, 7) is 2.94. The fourth-order valence-electron chi connectivity index (χ4n) is 1.10. The number of nitrogens with zero attached hydrogens (tertiary/aromatic N) is 1. The molecule has 0 saturated heterocycles. The molecule has 0 aromatic heterocycles. The van der Waals surface area contributed by atoms with Gasteiger partial charge < -0.3 is 21.2 Å². The highest BCUT2D eigenvalue weighted by molar-refractivity contribution is 5.57. The first-order valence-electron chi connectivity index (χ1n) is 4.55. The average Bonchev–Trinajstić information content (AvgIpc) is 2.16. The van der Waals surface area contributed by atoms with E-state index in [9.17, 15) is 4.79 Å². The maximum atomic E-state index is 10.3. The number of nitrogens with two attached hydrogens (primary N) is 2. The van der Waals surface area contributed by atoms with Crippen LogP contribution in [0.25, 0.3) is 0 Å². The van der Waals surface area contributed by atoms with Gasteiger partial charge in [-0.1, -0.05) is 13.3 Å². The summed E-state index contributed by atoms with van der Waals surface area (Å²) >= 11 is 0. The molecule has 4 N–H and O–H groups in total. The molecule has 0 aliphatic carbocycles. The van der Waals surface area contributed by atoms with Crippen molar-refractivity contribution >= 4 is 6.29 Å². The zero-order valence-electron chi connectivity index (χ0n) is 9.16. The first kappa shape index (κ1) is 15.0. The number of carbonyl (C=O) groups excluding carboxylic acids is 1. The summed E-state index contributed by atoms with van der Waals surface area (Å²) in [5.74, 6) is 0.294. The van der Waals surface area contributed by atoms with Crippen molar-refractivity contribution < 1.29 is 4.79 Å². The summed E-state index contributed by atoms with van der Waals surface area (Å²) in [4.78, 5) is 12.4. The van der Waals surface area contributed by atoms with Crippen molar-refractivity contribution in [3.8, 4) is 0 Å². The third kappa shape index (κ3) is 7.90. The fourth-order valence-corrected chi connectivity index (χ4v) is 1.10. The van der Waals surface area contributed by atoms with Gasteiger partial charge >= 0.3 is 0 Å². The molecule has 4 nitrogen and oxygen atoms in total. The largest absolute Gasteiger partial charge is 0.333 e.